The number of carbonyl (C=O) groups excluding carboxylic acids is 2. The minimum atomic E-state index is -0.819. The molecule has 2 aromatic rings. The molecule has 0 saturated heterocycles. The van der Waals surface area contributed by atoms with Crippen LogP contribution in [-0.2, 0) is 20.9 Å². The topological polar surface area (TPSA) is 84.1 Å². The number of hydrogen-bond acceptors (Lipinski definition) is 4. The lowest BCUT2D eigenvalue weighted by atomic mass is 10.1. The first-order valence-corrected chi connectivity index (χ1v) is 9.94. The molecule has 0 radical (unpaired) electrons. The lowest BCUT2D eigenvalue weighted by Gasteiger charge is -2.07. The van der Waals surface area contributed by atoms with E-state index < -0.39 is 18.5 Å². The molecule has 0 spiro atoms. The van der Waals surface area contributed by atoms with E-state index in [4.69, 9.17) is 4.74 Å². The molecule has 0 aliphatic carbocycles. The Balaban J connectivity index is 2.02. The number of nitriles is 1. The Morgan fingerprint density at radius 1 is 1.29 bits per heavy atom. The van der Waals surface area contributed by atoms with Crippen molar-refractivity contribution in [1.82, 2.24) is 4.57 Å². The standard InChI is InChI=1S/C21H22IN3O3/c1-4-9-25-14(2)10-16(15(25)3)11-17(12-23)21(27)28-13-20(26)24-19-7-5-18(22)6-8-19/h5-8,10-11H,4,9,13H2,1-3H3,(H,24,26). The number of esters is 1. The zero-order chi connectivity index (χ0) is 20.7. The van der Waals surface area contributed by atoms with Gasteiger partial charge in [0.1, 0.15) is 11.6 Å². The van der Waals surface area contributed by atoms with E-state index in [1.54, 1.807) is 12.1 Å². The lowest BCUT2D eigenvalue weighted by Crippen LogP contribution is -2.21. The molecular weight excluding hydrogens is 469 g/mol. The SMILES string of the molecule is CCCn1c(C)cc(C=C(C#N)C(=O)OCC(=O)Nc2ccc(I)cc2)c1C. The number of hydrogen-bond donors (Lipinski definition) is 1. The van der Waals surface area contributed by atoms with Crippen LogP contribution < -0.4 is 5.32 Å². The van der Waals surface area contributed by atoms with E-state index >= 15 is 0 Å². The van der Waals surface area contributed by atoms with Gasteiger partial charge in [0, 0.05) is 27.2 Å². The molecule has 0 aliphatic heterocycles. The van der Waals surface area contributed by atoms with Crippen molar-refractivity contribution in [3.8, 4) is 6.07 Å². The van der Waals surface area contributed by atoms with E-state index in [-0.39, 0.29) is 5.57 Å². The summed E-state index contributed by atoms with van der Waals surface area (Å²) in [4.78, 5) is 24.2. The van der Waals surface area contributed by atoms with Gasteiger partial charge >= 0.3 is 5.97 Å². The highest BCUT2D eigenvalue weighted by atomic mass is 127. The molecule has 6 nitrogen and oxygen atoms in total. The predicted octanol–water partition coefficient (Wildman–Crippen LogP) is 4.21. The average Bonchev–Trinajstić information content (AvgIpc) is 2.93. The summed E-state index contributed by atoms with van der Waals surface area (Å²) in [5, 5.41) is 12.0. The molecule has 28 heavy (non-hydrogen) atoms. The molecule has 2 rings (SSSR count). The molecule has 0 saturated carbocycles. The summed E-state index contributed by atoms with van der Waals surface area (Å²) >= 11 is 2.17. The van der Waals surface area contributed by atoms with E-state index in [1.165, 1.54) is 6.08 Å². The zero-order valence-electron chi connectivity index (χ0n) is 16.1. The number of aromatic nitrogens is 1. The fraction of sp³-hybridized carbons (Fsp3) is 0.286. The monoisotopic (exact) mass is 491 g/mol. The normalized spacial score (nSPS) is 11.0. The molecule has 146 valence electrons. The molecule has 7 heteroatoms. The average molecular weight is 491 g/mol. The summed E-state index contributed by atoms with van der Waals surface area (Å²) in [6.45, 7) is 6.44. The maximum Gasteiger partial charge on any atom is 0.349 e. The van der Waals surface area contributed by atoms with E-state index in [9.17, 15) is 14.9 Å². The second-order valence-electron chi connectivity index (χ2n) is 6.28. The van der Waals surface area contributed by atoms with Gasteiger partial charge in [0.15, 0.2) is 6.61 Å². The Morgan fingerprint density at radius 2 is 1.96 bits per heavy atom. The van der Waals surface area contributed by atoms with Gasteiger partial charge < -0.3 is 14.6 Å². The highest BCUT2D eigenvalue weighted by Crippen LogP contribution is 2.19. The summed E-state index contributed by atoms with van der Waals surface area (Å²) in [5.74, 6) is -1.28. The fourth-order valence-corrected chi connectivity index (χ4v) is 3.13. The van der Waals surface area contributed by atoms with Gasteiger partial charge in [0.05, 0.1) is 0 Å². The molecule has 0 bridgehead atoms. The third-order valence-corrected chi connectivity index (χ3v) is 4.88. The van der Waals surface area contributed by atoms with Crippen LogP contribution in [-0.4, -0.2) is 23.1 Å². The third kappa shape index (κ3) is 5.70. The number of benzene rings is 1. The number of carbonyl (C=O) groups is 2. The van der Waals surface area contributed by atoms with E-state index in [2.05, 4.69) is 39.4 Å². The molecule has 1 amide bonds. The first-order valence-electron chi connectivity index (χ1n) is 8.86. The van der Waals surface area contributed by atoms with Crippen LogP contribution in [0.1, 0.15) is 30.3 Å². The van der Waals surface area contributed by atoms with Gasteiger partial charge in [-0.1, -0.05) is 6.92 Å². The van der Waals surface area contributed by atoms with Gasteiger partial charge in [-0.05, 0) is 84.8 Å². The summed E-state index contributed by atoms with van der Waals surface area (Å²) in [5.41, 5.74) is 3.31. The number of nitrogens with one attached hydrogen (secondary N) is 1. The minimum absolute atomic E-state index is 0.140. The molecule has 0 unspecified atom stereocenters. The number of rotatable bonds is 7. The number of amides is 1. The van der Waals surface area contributed by atoms with Gasteiger partial charge in [0.2, 0.25) is 0 Å². The van der Waals surface area contributed by atoms with Crippen molar-refractivity contribution in [2.24, 2.45) is 0 Å². The second kappa shape index (κ2) is 10.1. The summed E-state index contributed by atoms with van der Waals surface area (Å²) < 4.78 is 8.18. The largest absolute Gasteiger partial charge is 0.451 e. The Kier molecular flexibility index (Phi) is 7.81. The molecule has 0 aliphatic rings. The highest BCUT2D eigenvalue weighted by Gasteiger charge is 2.15. The van der Waals surface area contributed by atoms with Gasteiger partial charge in [-0.25, -0.2) is 4.79 Å². The van der Waals surface area contributed by atoms with Crippen molar-refractivity contribution in [2.75, 3.05) is 11.9 Å². The van der Waals surface area contributed by atoms with Crippen LogP contribution in [0.2, 0.25) is 0 Å². The molecule has 1 heterocycles. The number of aryl methyl sites for hydroxylation is 1. The molecule has 1 aromatic carbocycles. The fourth-order valence-electron chi connectivity index (χ4n) is 2.77. The van der Waals surface area contributed by atoms with Gasteiger partial charge in [0.25, 0.3) is 5.91 Å². The van der Waals surface area contributed by atoms with Crippen molar-refractivity contribution in [2.45, 2.75) is 33.7 Å². The number of halogens is 1. The zero-order valence-corrected chi connectivity index (χ0v) is 18.2. The highest BCUT2D eigenvalue weighted by molar-refractivity contribution is 14.1. The van der Waals surface area contributed by atoms with Crippen molar-refractivity contribution in [3.63, 3.8) is 0 Å². The van der Waals surface area contributed by atoms with Crippen LogP contribution in [0, 0.1) is 28.7 Å². The molecular formula is C21H22IN3O3. The molecule has 1 N–H and O–H groups in total. The second-order valence-corrected chi connectivity index (χ2v) is 7.52. The smallest absolute Gasteiger partial charge is 0.349 e. The van der Waals surface area contributed by atoms with Gasteiger partial charge in [-0.3, -0.25) is 4.79 Å². The van der Waals surface area contributed by atoms with Gasteiger partial charge in [-0.15, -0.1) is 0 Å². The molecule has 0 fully saturated rings. The maximum atomic E-state index is 12.2. The van der Waals surface area contributed by atoms with E-state index in [0.29, 0.717) is 5.69 Å². The predicted molar refractivity (Wildman–Crippen MR) is 117 cm³/mol. The van der Waals surface area contributed by atoms with Crippen molar-refractivity contribution >= 4 is 46.2 Å². The van der Waals surface area contributed by atoms with Crippen molar-refractivity contribution in [3.05, 3.63) is 56.4 Å². The number of nitrogens with zero attached hydrogens (tertiary/aromatic N) is 2. The Morgan fingerprint density at radius 3 is 2.57 bits per heavy atom. The molecule has 1 aromatic heterocycles. The van der Waals surface area contributed by atoms with Crippen LogP contribution >= 0.6 is 22.6 Å². The van der Waals surface area contributed by atoms with Crippen molar-refractivity contribution in [1.29, 1.82) is 5.26 Å². The van der Waals surface area contributed by atoms with Gasteiger partial charge in [-0.2, -0.15) is 5.26 Å². The Labute approximate surface area is 178 Å². The van der Waals surface area contributed by atoms with Crippen LogP contribution in [0.15, 0.2) is 35.9 Å². The van der Waals surface area contributed by atoms with Crippen LogP contribution in [0.3, 0.4) is 0 Å². The van der Waals surface area contributed by atoms with Crippen LogP contribution in [0.25, 0.3) is 6.08 Å². The summed E-state index contributed by atoms with van der Waals surface area (Å²) in [6.07, 6.45) is 2.50. The van der Waals surface area contributed by atoms with Crippen LogP contribution in [0.5, 0.6) is 0 Å². The van der Waals surface area contributed by atoms with Crippen LogP contribution in [0.4, 0.5) is 5.69 Å². The minimum Gasteiger partial charge on any atom is -0.451 e. The number of ether oxygens (including phenoxy) is 1. The Bertz CT molecular complexity index is 937. The quantitative estimate of drug-likeness (QED) is 0.272. The summed E-state index contributed by atoms with van der Waals surface area (Å²) in [6, 6.07) is 11.0. The maximum absolute atomic E-state index is 12.2. The number of anilines is 1. The summed E-state index contributed by atoms with van der Waals surface area (Å²) in [7, 11) is 0. The van der Waals surface area contributed by atoms with E-state index in [1.807, 2.05) is 38.1 Å². The lowest BCUT2D eigenvalue weighted by molar-refractivity contribution is -0.142. The third-order valence-electron chi connectivity index (χ3n) is 4.16. The Hall–Kier alpha value is -2.60. The van der Waals surface area contributed by atoms with E-state index in [0.717, 1.165) is 33.5 Å². The molecule has 0 atom stereocenters. The first-order chi connectivity index (χ1) is 13.3. The first kappa shape index (κ1) is 21.7. The van der Waals surface area contributed by atoms with Crippen molar-refractivity contribution < 1.29 is 14.3 Å².